The van der Waals surface area contributed by atoms with E-state index in [4.69, 9.17) is 0 Å². The minimum absolute atomic E-state index is 0.291. The zero-order valence-corrected chi connectivity index (χ0v) is 8.85. The normalized spacial score (nSPS) is 13.1. The van der Waals surface area contributed by atoms with Crippen LogP contribution in [-0.4, -0.2) is 10.2 Å². The van der Waals surface area contributed by atoms with E-state index in [1.165, 1.54) is 10.8 Å². The monoisotopic (exact) mass is 254 g/mol. The van der Waals surface area contributed by atoms with Crippen LogP contribution in [0.1, 0.15) is 33.1 Å². The number of halogens is 1. The minimum atomic E-state index is 0.291. The molecule has 0 saturated heterocycles. The lowest BCUT2D eigenvalue weighted by atomic mass is 10.00. The van der Waals surface area contributed by atoms with Gasteiger partial charge in [-0.1, -0.05) is 36.4 Å². The van der Waals surface area contributed by atoms with Crippen LogP contribution < -0.4 is 0 Å². The lowest BCUT2D eigenvalue weighted by Gasteiger charge is -2.05. The van der Waals surface area contributed by atoms with E-state index in [9.17, 15) is 4.79 Å². The van der Waals surface area contributed by atoms with Crippen LogP contribution in [0.3, 0.4) is 0 Å². The van der Waals surface area contributed by atoms with Gasteiger partial charge in [-0.25, -0.2) is 0 Å². The highest BCUT2D eigenvalue weighted by Crippen LogP contribution is 2.09. The highest BCUT2D eigenvalue weighted by atomic mass is 127. The number of hydrogen-bond acceptors (Lipinski definition) is 1. The van der Waals surface area contributed by atoms with Crippen LogP contribution in [0, 0.1) is 5.92 Å². The molecule has 0 aromatic carbocycles. The van der Waals surface area contributed by atoms with Crippen molar-refractivity contribution < 1.29 is 4.79 Å². The quantitative estimate of drug-likeness (QED) is 0.544. The van der Waals surface area contributed by atoms with E-state index in [-0.39, 0.29) is 0 Å². The number of alkyl halides is 1. The molecule has 0 radical (unpaired) electrons. The molecule has 1 nitrogen and oxygen atoms in total. The van der Waals surface area contributed by atoms with Crippen LogP contribution >= 0.6 is 22.6 Å². The van der Waals surface area contributed by atoms with Crippen molar-refractivity contribution in [1.29, 1.82) is 0 Å². The smallest absolute Gasteiger partial charge is 0.135 e. The summed E-state index contributed by atoms with van der Waals surface area (Å²) in [6.07, 6.45) is 2.94. The Bertz CT molecular complexity index is 101. The molecule has 0 amide bonds. The first-order valence-electron chi connectivity index (χ1n) is 3.81. The van der Waals surface area contributed by atoms with Crippen molar-refractivity contribution in [2.24, 2.45) is 5.92 Å². The third-order valence-corrected chi connectivity index (χ3v) is 2.43. The topological polar surface area (TPSA) is 17.1 Å². The van der Waals surface area contributed by atoms with Gasteiger partial charge in [0.05, 0.1) is 0 Å². The highest BCUT2D eigenvalue weighted by Gasteiger charge is 2.08. The Morgan fingerprint density at radius 1 is 1.60 bits per heavy atom. The molecular formula is C8H15IO. The van der Waals surface area contributed by atoms with Gasteiger partial charge in [-0.05, 0) is 17.3 Å². The van der Waals surface area contributed by atoms with Gasteiger partial charge in [0.2, 0.25) is 0 Å². The molecule has 0 fully saturated rings. The largest absolute Gasteiger partial charge is 0.299 e. The summed E-state index contributed by atoms with van der Waals surface area (Å²) in [6, 6.07) is 0. The second-order valence-electron chi connectivity index (χ2n) is 2.55. The van der Waals surface area contributed by atoms with E-state index >= 15 is 0 Å². The molecule has 0 aromatic heterocycles. The summed E-state index contributed by atoms with van der Waals surface area (Å²) < 4.78 is 1.17. The number of hydrogen-bond donors (Lipinski definition) is 0. The van der Waals surface area contributed by atoms with Gasteiger partial charge in [0.1, 0.15) is 5.78 Å². The molecule has 0 saturated carbocycles. The Kier molecular flexibility index (Phi) is 6.38. The number of carbonyl (C=O) groups excluding carboxylic acids is 1. The summed E-state index contributed by atoms with van der Waals surface area (Å²) in [4.78, 5) is 11.0. The van der Waals surface area contributed by atoms with Crippen molar-refractivity contribution in [3.8, 4) is 0 Å². The highest BCUT2D eigenvalue weighted by molar-refractivity contribution is 14.1. The molecule has 2 heteroatoms. The molecule has 0 spiro atoms. The fourth-order valence-electron chi connectivity index (χ4n) is 0.893. The molecule has 0 rings (SSSR count). The van der Waals surface area contributed by atoms with Gasteiger partial charge in [-0.2, -0.15) is 0 Å². The van der Waals surface area contributed by atoms with Crippen LogP contribution in [-0.2, 0) is 4.79 Å². The lowest BCUT2D eigenvalue weighted by Crippen LogP contribution is -2.08. The second-order valence-corrected chi connectivity index (χ2v) is 3.63. The zero-order chi connectivity index (χ0) is 7.98. The van der Waals surface area contributed by atoms with Gasteiger partial charge in [0.25, 0.3) is 0 Å². The molecule has 10 heavy (non-hydrogen) atoms. The van der Waals surface area contributed by atoms with E-state index in [0.29, 0.717) is 18.1 Å². The molecule has 0 N–H and O–H groups in total. The van der Waals surface area contributed by atoms with Crippen molar-refractivity contribution in [3.63, 3.8) is 0 Å². The Balaban J connectivity index is 3.41. The summed E-state index contributed by atoms with van der Waals surface area (Å²) >= 11 is 2.34. The molecule has 0 heterocycles. The Hall–Kier alpha value is 0.400. The van der Waals surface area contributed by atoms with E-state index in [2.05, 4.69) is 22.6 Å². The SMILES string of the molecule is CCC(=O)C(C)CCCI. The average molecular weight is 254 g/mol. The Labute approximate surface area is 76.7 Å². The first-order valence-corrected chi connectivity index (χ1v) is 5.33. The first kappa shape index (κ1) is 10.4. The van der Waals surface area contributed by atoms with Crippen molar-refractivity contribution >= 4 is 28.4 Å². The third kappa shape index (κ3) is 4.25. The van der Waals surface area contributed by atoms with Crippen molar-refractivity contribution in [3.05, 3.63) is 0 Å². The van der Waals surface area contributed by atoms with Crippen LogP contribution in [0.5, 0.6) is 0 Å². The van der Waals surface area contributed by atoms with Gasteiger partial charge in [0, 0.05) is 12.3 Å². The average Bonchev–Trinajstić information content (AvgIpc) is 1.98. The van der Waals surface area contributed by atoms with E-state index < -0.39 is 0 Å². The Morgan fingerprint density at radius 2 is 2.20 bits per heavy atom. The maximum atomic E-state index is 11.0. The molecule has 60 valence electrons. The van der Waals surface area contributed by atoms with E-state index in [1.54, 1.807) is 0 Å². The van der Waals surface area contributed by atoms with Crippen molar-refractivity contribution in [2.75, 3.05) is 4.43 Å². The van der Waals surface area contributed by atoms with Crippen LogP contribution in [0.15, 0.2) is 0 Å². The Morgan fingerprint density at radius 3 is 2.60 bits per heavy atom. The van der Waals surface area contributed by atoms with Crippen LogP contribution in [0.25, 0.3) is 0 Å². The van der Waals surface area contributed by atoms with Gasteiger partial charge in [-0.15, -0.1) is 0 Å². The summed E-state index contributed by atoms with van der Waals surface area (Å²) in [5.41, 5.74) is 0. The fourth-order valence-corrected chi connectivity index (χ4v) is 1.33. The van der Waals surface area contributed by atoms with Crippen molar-refractivity contribution in [2.45, 2.75) is 33.1 Å². The minimum Gasteiger partial charge on any atom is -0.299 e. The fraction of sp³-hybridized carbons (Fsp3) is 0.875. The third-order valence-electron chi connectivity index (χ3n) is 1.67. The maximum Gasteiger partial charge on any atom is 0.135 e. The summed E-state index contributed by atoms with van der Waals surface area (Å²) in [5.74, 6) is 0.699. The predicted octanol–water partition coefficient (Wildman–Crippen LogP) is 2.82. The molecular weight excluding hydrogens is 239 g/mol. The maximum absolute atomic E-state index is 11.0. The number of carbonyl (C=O) groups is 1. The number of Topliss-reactive ketones (excluding diaryl/α,β-unsaturated/α-hetero) is 1. The summed E-state index contributed by atoms with van der Waals surface area (Å²) in [7, 11) is 0. The molecule has 1 unspecified atom stereocenters. The summed E-state index contributed by atoms with van der Waals surface area (Å²) in [5, 5.41) is 0. The molecule has 0 aromatic rings. The second kappa shape index (κ2) is 6.13. The number of ketones is 1. The predicted molar refractivity (Wildman–Crippen MR) is 52.6 cm³/mol. The number of rotatable bonds is 5. The van der Waals surface area contributed by atoms with Crippen LogP contribution in [0.2, 0.25) is 0 Å². The summed E-state index contributed by atoms with van der Waals surface area (Å²) in [6.45, 7) is 3.96. The van der Waals surface area contributed by atoms with Crippen LogP contribution in [0.4, 0.5) is 0 Å². The van der Waals surface area contributed by atoms with Gasteiger partial charge >= 0.3 is 0 Å². The molecule has 0 aliphatic carbocycles. The molecule has 1 atom stereocenters. The van der Waals surface area contributed by atoms with E-state index in [0.717, 1.165) is 6.42 Å². The van der Waals surface area contributed by atoms with Gasteiger partial charge in [-0.3, -0.25) is 4.79 Å². The van der Waals surface area contributed by atoms with Crippen molar-refractivity contribution in [1.82, 2.24) is 0 Å². The lowest BCUT2D eigenvalue weighted by molar-refractivity contribution is -0.122. The van der Waals surface area contributed by atoms with E-state index in [1.807, 2.05) is 13.8 Å². The van der Waals surface area contributed by atoms with Gasteiger partial charge < -0.3 is 0 Å². The first-order chi connectivity index (χ1) is 4.72. The molecule has 0 aliphatic rings. The zero-order valence-electron chi connectivity index (χ0n) is 6.69. The van der Waals surface area contributed by atoms with Gasteiger partial charge in [0.15, 0.2) is 0 Å². The standard InChI is InChI=1S/C8H15IO/c1-3-8(10)7(2)5-4-6-9/h7H,3-6H2,1-2H3. The molecule has 0 bridgehead atoms. The molecule has 0 aliphatic heterocycles.